The minimum Gasteiger partial charge on any atom is -0.481 e. The fourth-order valence-electron chi connectivity index (χ4n) is 4.32. The van der Waals surface area contributed by atoms with Crippen molar-refractivity contribution in [3.8, 4) is 12.1 Å². The molecule has 0 aliphatic heterocycles. The van der Waals surface area contributed by atoms with Crippen molar-refractivity contribution in [1.29, 1.82) is 10.5 Å². The Morgan fingerprint density at radius 1 is 0.875 bits per heavy atom. The third-order valence-electron chi connectivity index (χ3n) is 6.08. The first-order valence-electron chi connectivity index (χ1n) is 10.6. The van der Waals surface area contributed by atoms with Crippen molar-refractivity contribution in [2.75, 3.05) is 0 Å². The summed E-state index contributed by atoms with van der Waals surface area (Å²) in [5.74, 6) is -1.75. The van der Waals surface area contributed by atoms with Crippen molar-refractivity contribution in [1.82, 2.24) is 0 Å². The molecule has 0 spiro atoms. The molecule has 2 aliphatic carbocycles. The van der Waals surface area contributed by atoms with Gasteiger partial charge >= 0.3 is 11.9 Å². The Balaban J connectivity index is 0.000000181. The molecule has 4 rings (SSSR count). The van der Waals surface area contributed by atoms with Crippen molar-refractivity contribution in [2.45, 2.75) is 38.0 Å². The van der Waals surface area contributed by atoms with Crippen LogP contribution < -0.4 is 0 Å². The van der Waals surface area contributed by atoms with Gasteiger partial charge in [-0.3, -0.25) is 9.59 Å². The summed E-state index contributed by atoms with van der Waals surface area (Å²) in [6.45, 7) is 0. The monoisotopic (exact) mass is 428 g/mol. The van der Waals surface area contributed by atoms with Gasteiger partial charge in [0.2, 0.25) is 0 Å². The average molecular weight is 428 g/mol. The fourth-order valence-corrected chi connectivity index (χ4v) is 4.32. The molecule has 162 valence electrons. The van der Waals surface area contributed by atoms with E-state index in [0.29, 0.717) is 29.9 Å². The summed E-state index contributed by atoms with van der Waals surface area (Å²) >= 11 is 0. The van der Waals surface area contributed by atoms with Crippen LogP contribution in [-0.4, -0.2) is 22.2 Å². The van der Waals surface area contributed by atoms with Crippen LogP contribution in [-0.2, 0) is 9.59 Å². The minimum absolute atomic E-state index is 0.212. The molecular formula is C26H24N2O4. The number of rotatable bonds is 4. The van der Waals surface area contributed by atoms with E-state index in [1.807, 2.05) is 30.3 Å². The van der Waals surface area contributed by atoms with Gasteiger partial charge in [0, 0.05) is 0 Å². The van der Waals surface area contributed by atoms with E-state index in [0.717, 1.165) is 36.0 Å². The highest BCUT2D eigenvalue weighted by atomic mass is 16.4. The van der Waals surface area contributed by atoms with E-state index in [-0.39, 0.29) is 11.8 Å². The van der Waals surface area contributed by atoms with Gasteiger partial charge in [-0.15, -0.1) is 0 Å². The van der Waals surface area contributed by atoms with Crippen molar-refractivity contribution >= 4 is 17.5 Å². The second kappa shape index (κ2) is 10.4. The van der Waals surface area contributed by atoms with Gasteiger partial charge in [0.05, 0.1) is 35.1 Å². The van der Waals surface area contributed by atoms with E-state index in [4.69, 9.17) is 20.7 Å². The van der Waals surface area contributed by atoms with Crippen LogP contribution in [0, 0.1) is 34.5 Å². The summed E-state index contributed by atoms with van der Waals surface area (Å²) in [7, 11) is 0. The normalized spacial score (nSPS) is 21.4. The van der Waals surface area contributed by atoms with Crippen LogP contribution in [0.2, 0.25) is 0 Å². The molecule has 32 heavy (non-hydrogen) atoms. The van der Waals surface area contributed by atoms with E-state index in [9.17, 15) is 9.59 Å². The highest BCUT2D eigenvalue weighted by Crippen LogP contribution is 2.38. The molecule has 2 aromatic rings. The van der Waals surface area contributed by atoms with Crippen LogP contribution >= 0.6 is 0 Å². The van der Waals surface area contributed by atoms with Gasteiger partial charge in [-0.1, -0.05) is 30.3 Å². The highest BCUT2D eigenvalue weighted by molar-refractivity contribution is 5.80. The molecule has 0 bridgehead atoms. The predicted molar refractivity (Wildman–Crippen MR) is 118 cm³/mol. The number of hydrogen-bond donors (Lipinski definition) is 2. The van der Waals surface area contributed by atoms with Gasteiger partial charge in [-0.2, -0.15) is 10.5 Å². The number of aliphatic carboxylic acids is 2. The predicted octanol–water partition coefficient (Wildman–Crippen LogP) is 4.96. The largest absolute Gasteiger partial charge is 0.481 e. The van der Waals surface area contributed by atoms with Crippen LogP contribution in [0.3, 0.4) is 0 Å². The van der Waals surface area contributed by atoms with Crippen LogP contribution in [0.15, 0.2) is 54.6 Å². The standard InChI is InChI=1S/C13H13NO2.C13H11NO2/c2*14-8-9-2-1-3-10(6-9)11-4-5-12(7-11)13(15)16/h1-3,6,11-12H,4-5,7H2,(H,15,16);1-3,6-7,12H,4-5H2,(H,15,16)/t11-,12+;12-/m01/s1. The van der Waals surface area contributed by atoms with Crippen LogP contribution in [0.1, 0.15) is 60.3 Å². The Kier molecular flexibility index (Phi) is 7.41. The topological polar surface area (TPSA) is 122 Å². The SMILES string of the molecule is N#Cc1cccc(C2=C[C@H](C(=O)O)CC2)c1.N#Cc1cccc([C@H]2CC[C@@H](C(=O)O)C2)c1. The lowest BCUT2D eigenvalue weighted by atomic mass is 9.95. The number of nitriles is 2. The quantitative estimate of drug-likeness (QED) is 0.709. The molecule has 0 amide bonds. The van der Waals surface area contributed by atoms with Crippen molar-refractivity contribution in [2.24, 2.45) is 11.8 Å². The van der Waals surface area contributed by atoms with Crippen molar-refractivity contribution in [3.05, 3.63) is 76.9 Å². The second-order valence-corrected chi connectivity index (χ2v) is 8.15. The fraction of sp³-hybridized carbons (Fsp3) is 0.308. The number of nitrogens with zero attached hydrogens (tertiary/aromatic N) is 2. The second-order valence-electron chi connectivity index (χ2n) is 8.15. The highest BCUT2D eigenvalue weighted by Gasteiger charge is 2.30. The van der Waals surface area contributed by atoms with E-state index in [2.05, 4.69) is 12.1 Å². The molecule has 0 heterocycles. The number of benzene rings is 2. The lowest BCUT2D eigenvalue weighted by Gasteiger charge is -2.09. The van der Waals surface area contributed by atoms with Crippen LogP contribution in [0.4, 0.5) is 0 Å². The summed E-state index contributed by atoms with van der Waals surface area (Å²) in [5, 5.41) is 35.4. The summed E-state index contributed by atoms with van der Waals surface area (Å²) < 4.78 is 0. The van der Waals surface area contributed by atoms with Crippen LogP contribution in [0.25, 0.3) is 5.57 Å². The molecule has 2 aromatic carbocycles. The summed E-state index contributed by atoms with van der Waals surface area (Å²) in [6, 6.07) is 19.0. The molecule has 2 aliphatic rings. The third kappa shape index (κ3) is 5.62. The van der Waals surface area contributed by atoms with Crippen molar-refractivity contribution < 1.29 is 19.8 Å². The summed E-state index contributed by atoms with van der Waals surface area (Å²) in [5.41, 5.74) is 4.35. The Morgan fingerprint density at radius 2 is 1.56 bits per heavy atom. The lowest BCUT2D eigenvalue weighted by Crippen LogP contribution is -2.09. The average Bonchev–Trinajstić information content (AvgIpc) is 3.50. The molecule has 1 saturated carbocycles. The van der Waals surface area contributed by atoms with Gasteiger partial charge < -0.3 is 10.2 Å². The zero-order valence-corrected chi connectivity index (χ0v) is 17.6. The lowest BCUT2D eigenvalue weighted by molar-refractivity contribution is -0.142. The first-order chi connectivity index (χ1) is 15.4. The Morgan fingerprint density at radius 3 is 2.16 bits per heavy atom. The maximum absolute atomic E-state index is 10.8. The number of hydrogen-bond acceptors (Lipinski definition) is 4. The van der Waals surface area contributed by atoms with E-state index >= 15 is 0 Å². The van der Waals surface area contributed by atoms with Gasteiger partial charge in [0.1, 0.15) is 0 Å². The molecule has 0 aromatic heterocycles. The Bertz CT molecular complexity index is 1120. The Hall–Kier alpha value is -3.90. The summed E-state index contributed by atoms with van der Waals surface area (Å²) in [6.07, 6.45) is 5.57. The van der Waals surface area contributed by atoms with Crippen molar-refractivity contribution in [3.63, 3.8) is 0 Å². The number of carboxylic acids is 2. The maximum atomic E-state index is 10.8. The molecule has 0 unspecified atom stereocenters. The number of allylic oxidation sites excluding steroid dienone is 1. The zero-order chi connectivity index (χ0) is 23.1. The van der Waals surface area contributed by atoms with Gasteiger partial charge in [0.25, 0.3) is 0 Å². The smallest absolute Gasteiger partial charge is 0.310 e. The first-order valence-corrected chi connectivity index (χ1v) is 10.6. The molecule has 0 saturated heterocycles. The molecule has 6 nitrogen and oxygen atoms in total. The molecule has 0 radical (unpaired) electrons. The molecular weight excluding hydrogens is 404 g/mol. The molecule has 6 heteroatoms. The maximum Gasteiger partial charge on any atom is 0.310 e. The van der Waals surface area contributed by atoms with E-state index in [1.165, 1.54) is 0 Å². The van der Waals surface area contributed by atoms with Gasteiger partial charge in [0.15, 0.2) is 0 Å². The van der Waals surface area contributed by atoms with E-state index in [1.54, 1.807) is 24.3 Å². The first kappa shape index (κ1) is 22.8. The molecule has 3 atom stereocenters. The minimum atomic E-state index is -0.772. The molecule has 2 N–H and O–H groups in total. The Labute approximate surface area is 187 Å². The number of carbonyl (C=O) groups is 2. The van der Waals surface area contributed by atoms with E-state index < -0.39 is 11.9 Å². The van der Waals surface area contributed by atoms with Crippen LogP contribution in [0.5, 0.6) is 0 Å². The van der Waals surface area contributed by atoms with Gasteiger partial charge in [-0.05, 0) is 79.0 Å². The molecule has 1 fully saturated rings. The van der Waals surface area contributed by atoms with Gasteiger partial charge in [-0.25, -0.2) is 0 Å². The summed E-state index contributed by atoms with van der Waals surface area (Å²) in [4.78, 5) is 21.7. The number of carboxylic acid groups (broad SMARTS) is 2. The third-order valence-corrected chi connectivity index (χ3v) is 6.08. The zero-order valence-electron chi connectivity index (χ0n) is 17.6.